The molecule has 0 bridgehead atoms. The molecule has 0 spiro atoms. The standard InChI is InChI=1S/C27H29N3O2/c1-19-10-12-20(13-11-19)24-25(29-15-6-3-7-16-29)27(32)30(26(24)31)17-14-21-18-28(2)23-9-5-4-8-22(21)23/h4-5,8-13,18H,3,6-7,14-17H2,1-2H3. The zero-order valence-electron chi connectivity index (χ0n) is 18.8. The van der Waals surface area contributed by atoms with Gasteiger partial charge in [-0.15, -0.1) is 0 Å². The number of benzene rings is 2. The summed E-state index contributed by atoms with van der Waals surface area (Å²) < 4.78 is 2.10. The molecule has 2 amide bonds. The number of carbonyl (C=O) groups excluding carboxylic acids is 2. The van der Waals surface area contributed by atoms with E-state index in [1.807, 2.05) is 50.4 Å². The summed E-state index contributed by atoms with van der Waals surface area (Å²) in [6.07, 6.45) is 6.05. The molecule has 5 nitrogen and oxygen atoms in total. The number of para-hydroxylation sites is 1. The molecule has 5 heteroatoms. The lowest BCUT2D eigenvalue weighted by atomic mass is 10.0. The van der Waals surface area contributed by atoms with Crippen LogP contribution in [0.25, 0.3) is 16.5 Å². The van der Waals surface area contributed by atoms with Gasteiger partial charge in [0, 0.05) is 43.8 Å². The topological polar surface area (TPSA) is 45.6 Å². The van der Waals surface area contributed by atoms with Crippen LogP contribution in [0.2, 0.25) is 0 Å². The maximum atomic E-state index is 13.6. The van der Waals surface area contributed by atoms with Crippen molar-refractivity contribution < 1.29 is 9.59 Å². The van der Waals surface area contributed by atoms with Crippen LogP contribution < -0.4 is 0 Å². The van der Waals surface area contributed by atoms with Gasteiger partial charge in [0.15, 0.2) is 0 Å². The first-order valence-electron chi connectivity index (χ1n) is 11.5. The number of hydrogen-bond donors (Lipinski definition) is 0. The molecule has 3 heterocycles. The summed E-state index contributed by atoms with van der Waals surface area (Å²) in [5, 5.41) is 1.18. The van der Waals surface area contributed by atoms with Gasteiger partial charge in [-0.2, -0.15) is 0 Å². The number of amides is 2. The fourth-order valence-electron chi connectivity index (χ4n) is 5.01. The Labute approximate surface area is 188 Å². The third-order valence-electron chi connectivity index (χ3n) is 6.74. The molecule has 3 aromatic rings. The third kappa shape index (κ3) is 3.52. The lowest BCUT2D eigenvalue weighted by molar-refractivity contribution is -0.137. The SMILES string of the molecule is Cc1ccc(C2=C(N3CCCCC3)C(=O)N(CCc3cn(C)c4ccccc34)C2=O)cc1. The number of rotatable bonds is 5. The monoisotopic (exact) mass is 427 g/mol. The minimum Gasteiger partial charge on any atom is -0.366 e. The van der Waals surface area contributed by atoms with Crippen LogP contribution in [0.4, 0.5) is 0 Å². The summed E-state index contributed by atoms with van der Waals surface area (Å²) in [5.41, 5.74) is 5.45. The molecule has 1 saturated heterocycles. The minimum absolute atomic E-state index is 0.146. The molecule has 0 N–H and O–H groups in total. The van der Waals surface area contributed by atoms with Crippen molar-refractivity contribution in [1.29, 1.82) is 0 Å². The number of fused-ring (bicyclic) bond motifs is 1. The number of carbonyl (C=O) groups is 2. The maximum absolute atomic E-state index is 13.6. The van der Waals surface area contributed by atoms with E-state index >= 15 is 0 Å². The number of likely N-dealkylation sites (tertiary alicyclic amines) is 1. The van der Waals surface area contributed by atoms with Gasteiger partial charge in [0.05, 0.1) is 5.57 Å². The van der Waals surface area contributed by atoms with Crippen molar-refractivity contribution in [3.63, 3.8) is 0 Å². The average molecular weight is 428 g/mol. The Hall–Kier alpha value is -3.34. The summed E-state index contributed by atoms with van der Waals surface area (Å²) in [7, 11) is 2.03. The summed E-state index contributed by atoms with van der Waals surface area (Å²) in [5.74, 6) is -0.313. The molecular formula is C27H29N3O2. The predicted octanol–water partition coefficient (Wildman–Crippen LogP) is 4.30. The molecule has 1 fully saturated rings. The molecule has 0 unspecified atom stereocenters. The Morgan fingerprint density at radius 1 is 0.875 bits per heavy atom. The zero-order valence-corrected chi connectivity index (χ0v) is 18.8. The first kappa shape index (κ1) is 20.6. The minimum atomic E-state index is -0.167. The van der Waals surface area contributed by atoms with Gasteiger partial charge in [-0.1, -0.05) is 48.0 Å². The number of hydrogen-bond acceptors (Lipinski definition) is 3. The Bertz CT molecular complexity index is 1210. The largest absolute Gasteiger partial charge is 0.366 e. The van der Waals surface area contributed by atoms with E-state index in [0.717, 1.165) is 48.1 Å². The van der Waals surface area contributed by atoms with Gasteiger partial charge >= 0.3 is 0 Å². The van der Waals surface area contributed by atoms with Crippen molar-refractivity contribution in [2.75, 3.05) is 19.6 Å². The maximum Gasteiger partial charge on any atom is 0.277 e. The highest BCUT2D eigenvalue weighted by atomic mass is 16.2. The molecule has 0 aliphatic carbocycles. The van der Waals surface area contributed by atoms with Crippen molar-refractivity contribution >= 4 is 28.3 Å². The number of nitrogens with zero attached hydrogens (tertiary/aromatic N) is 3. The van der Waals surface area contributed by atoms with Gasteiger partial charge in [-0.3, -0.25) is 14.5 Å². The second-order valence-electron chi connectivity index (χ2n) is 8.93. The van der Waals surface area contributed by atoms with Crippen molar-refractivity contribution in [1.82, 2.24) is 14.4 Å². The highest BCUT2D eigenvalue weighted by Gasteiger charge is 2.41. The molecule has 1 aromatic heterocycles. The average Bonchev–Trinajstić information content (AvgIpc) is 3.27. The Morgan fingerprint density at radius 2 is 1.59 bits per heavy atom. The van der Waals surface area contributed by atoms with Gasteiger partial charge in [-0.05, 0) is 49.8 Å². The van der Waals surface area contributed by atoms with Crippen molar-refractivity contribution in [2.45, 2.75) is 32.6 Å². The van der Waals surface area contributed by atoms with Crippen LogP contribution in [0.3, 0.4) is 0 Å². The molecular weight excluding hydrogens is 398 g/mol. The Balaban J connectivity index is 1.46. The van der Waals surface area contributed by atoms with Crippen LogP contribution in [-0.4, -0.2) is 45.8 Å². The Morgan fingerprint density at radius 3 is 2.34 bits per heavy atom. The van der Waals surface area contributed by atoms with Crippen LogP contribution in [0.15, 0.2) is 60.4 Å². The molecule has 0 saturated carbocycles. The van der Waals surface area contributed by atoms with E-state index in [9.17, 15) is 9.59 Å². The molecule has 164 valence electrons. The van der Waals surface area contributed by atoms with E-state index in [1.54, 1.807) is 0 Å². The fourth-order valence-corrected chi connectivity index (χ4v) is 5.01. The van der Waals surface area contributed by atoms with Gasteiger partial charge in [0.25, 0.3) is 11.8 Å². The molecule has 2 aliphatic heterocycles. The second-order valence-corrected chi connectivity index (χ2v) is 8.93. The van der Waals surface area contributed by atoms with Crippen LogP contribution in [0.5, 0.6) is 0 Å². The smallest absolute Gasteiger partial charge is 0.277 e. The van der Waals surface area contributed by atoms with Crippen LogP contribution in [0.1, 0.15) is 36.0 Å². The molecule has 5 rings (SSSR count). The quantitative estimate of drug-likeness (QED) is 0.571. The van der Waals surface area contributed by atoms with E-state index < -0.39 is 0 Å². The lowest BCUT2D eigenvalue weighted by Gasteiger charge is -2.29. The molecule has 32 heavy (non-hydrogen) atoms. The number of piperidine rings is 1. The van der Waals surface area contributed by atoms with E-state index in [1.165, 1.54) is 16.7 Å². The molecule has 0 radical (unpaired) electrons. The van der Waals surface area contributed by atoms with Crippen molar-refractivity contribution in [3.05, 3.63) is 77.1 Å². The summed E-state index contributed by atoms with van der Waals surface area (Å²) >= 11 is 0. The van der Waals surface area contributed by atoms with Crippen LogP contribution in [-0.2, 0) is 23.1 Å². The van der Waals surface area contributed by atoms with E-state index in [0.29, 0.717) is 24.2 Å². The second kappa shape index (κ2) is 8.30. The van der Waals surface area contributed by atoms with Crippen LogP contribution >= 0.6 is 0 Å². The van der Waals surface area contributed by atoms with Gasteiger partial charge in [0.2, 0.25) is 0 Å². The predicted molar refractivity (Wildman–Crippen MR) is 127 cm³/mol. The zero-order chi connectivity index (χ0) is 22.2. The summed E-state index contributed by atoms with van der Waals surface area (Å²) in [6.45, 7) is 4.09. The fraction of sp³-hybridized carbons (Fsp3) is 0.333. The molecule has 0 atom stereocenters. The van der Waals surface area contributed by atoms with Gasteiger partial charge in [-0.25, -0.2) is 0 Å². The lowest BCUT2D eigenvalue weighted by Crippen LogP contribution is -2.38. The summed E-state index contributed by atoms with van der Waals surface area (Å²) in [4.78, 5) is 30.7. The first-order valence-corrected chi connectivity index (χ1v) is 11.5. The molecule has 2 aromatic carbocycles. The van der Waals surface area contributed by atoms with Crippen LogP contribution in [0, 0.1) is 6.92 Å². The van der Waals surface area contributed by atoms with Gasteiger partial charge in [0.1, 0.15) is 5.70 Å². The number of aryl methyl sites for hydroxylation is 2. The highest BCUT2D eigenvalue weighted by Crippen LogP contribution is 2.33. The normalized spacial score (nSPS) is 17.2. The first-order chi connectivity index (χ1) is 15.5. The van der Waals surface area contributed by atoms with Crippen molar-refractivity contribution in [2.24, 2.45) is 7.05 Å². The highest BCUT2D eigenvalue weighted by molar-refractivity contribution is 6.35. The Kier molecular flexibility index (Phi) is 5.33. The van der Waals surface area contributed by atoms with E-state index in [-0.39, 0.29) is 11.8 Å². The van der Waals surface area contributed by atoms with Crippen molar-refractivity contribution in [3.8, 4) is 0 Å². The number of aromatic nitrogens is 1. The number of imide groups is 1. The van der Waals surface area contributed by atoms with E-state index in [2.05, 4.69) is 27.8 Å². The summed E-state index contributed by atoms with van der Waals surface area (Å²) in [6, 6.07) is 16.2. The van der Waals surface area contributed by atoms with E-state index in [4.69, 9.17) is 0 Å². The van der Waals surface area contributed by atoms with Gasteiger partial charge < -0.3 is 9.47 Å². The third-order valence-corrected chi connectivity index (χ3v) is 6.74. The molecule has 2 aliphatic rings.